The number of nitrogens with two attached hydrogens (primary N) is 1. The van der Waals surface area contributed by atoms with Gasteiger partial charge in [-0.05, 0) is 44.0 Å². The van der Waals surface area contributed by atoms with Crippen molar-refractivity contribution in [2.45, 2.75) is 19.8 Å². The maximum atomic E-state index is 12.9. The van der Waals surface area contributed by atoms with Crippen LogP contribution < -0.4 is 10.6 Å². The average molecular weight is 266 g/mol. The molecule has 0 spiro atoms. The van der Waals surface area contributed by atoms with Crippen LogP contribution in [0, 0.1) is 11.2 Å². The minimum Gasteiger partial charge on any atom is -0.392 e. The van der Waals surface area contributed by atoms with Gasteiger partial charge in [0.1, 0.15) is 5.82 Å². The zero-order valence-electron chi connectivity index (χ0n) is 10.1. The van der Waals surface area contributed by atoms with Crippen LogP contribution in [0.5, 0.6) is 0 Å². The van der Waals surface area contributed by atoms with Crippen molar-refractivity contribution in [1.82, 2.24) is 0 Å². The van der Waals surface area contributed by atoms with E-state index in [0.29, 0.717) is 25.1 Å². The lowest BCUT2D eigenvalue weighted by Gasteiger charge is -2.25. The molecular weight excluding hydrogens is 251 g/mol. The summed E-state index contributed by atoms with van der Waals surface area (Å²) in [5.41, 5.74) is 5.66. The maximum Gasteiger partial charge on any atom is 0.240 e. The second-order valence-electron chi connectivity index (χ2n) is 4.47. The van der Waals surface area contributed by atoms with Crippen LogP contribution in [-0.2, 0) is 4.79 Å². The lowest BCUT2D eigenvalue weighted by Crippen LogP contribution is -2.42. The van der Waals surface area contributed by atoms with Gasteiger partial charge in [-0.1, -0.05) is 12.2 Å². The van der Waals surface area contributed by atoms with E-state index in [0.717, 1.165) is 0 Å². The third-order valence-corrected chi connectivity index (χ3v) is 3.72. The Morgan fingerprint density at radius 1 is 1.44 bits per heavy atom. The normalized spacial score (nSPS) is 16.1. The molecule has 0 bridgehead atoms. The highest BCUT2D eigenvalue weighted by Crippen LogP contribution is 2.48. The highest BCUT2D eigenvalue weighted by atomic mass is 32.1. The van der Waals surface area contributed by atoms with Crippen LogP contribution in [0.4, 0.5) is 10.1 Å². The topological polar surface area (TPSA) is 46.3 Å². The predicted octanol–water partition coefficient (Wildman–Crippen LogP) is 2.24. The number of halogens is 1. The van der Waals surface area contributed by atoms with Crippen molar-refractivity contribution in [3.63, 3.8) is 0 Å². The molecule has 2 rings (SSSR count). The molecule has 1 aliphatic rings. The molecule has 0 aliphatic heterocycles. The van der Waals surface area contributed by atoms with Crippen molar-refractivity contribution in [1.29, 1.82) is 0 Å². The zero-order valence-corrected chi connectivity index (χ0v) is 11.0. The lowest BCUT2D eigenvalue weighted by atomic mass is 10.1. The zero-order chi connectivity index (χ0) is 13.3. The molecule has 1 fully saturated rings. The molecule has 2 N–H and O–H groups in total. The standard InChI is InChI=1S/C13H15FN2OS/c1-2-16(10-5-3-9(14)4-6-10)12(17)13(7-8-13)11(15)18/h3-6H,2,7-8H2,1H3,(H2,15,18). The van der Waals surface area contributed by atoms with Gasteiger partial charge in [0, 0.05) is 12.2 Å². The molecule has 3 nitrogen and oxygen atoms in total. The van der Waals surface area contributed by atoms with E-state index >= 15 is 0 Å². The molecule has 0 aromatic heterocycles. The summed E-state index contributed by atoms with van der Waals surface area (Å²) in [6.45, 7) is 2.38. The second-order valence-corrected chi connectivity index (χ2v) is 4.91. The molecule has 0 radical (unpaired) electrons. The minimum absolute atomic E-state index is 0.0795. The van der Waals surface area contributed by atoms with E-state index in [9.17, 15) is 9.18 Å². The summed E-state index contributed by atoms with van der Waals surface area (Å²) in [7, 11) is 0. The van der Waals surface area contributed by atoms with Crippen LogP contribution in [0.2, 0.25) is 0 Å². The number of carbonyl (C=O) groups is 1. The van der Waals surface area contributed by atoms with Crippen LogP contribution in [0.25, 0.3) is 0 Å². The van der Waals surface area contributed by atoms with E-state index in [2.05, 4.69) is 0 Å². The second kappa shape index (κ2) is 4.65. The van der Waals surface area contributed by atoms with E-state index < -0.39 is 5.41 Å². The van der Waals surface area contributed by atoms with Crippen molar-refractivity contribution >= 4 is 28.8 Å². The Kier molecular flexibility index (Phi) is 3.34. The largest absolute Gasteiger partial charge is 0.392 e. The van der Waals surface area contributed by atoms with Gasteiger partial charge in [-0.3, -0.25) is 4.79 Å². The van der Waals surface area contributed by atoms with Crippen molar-refractivity contribution in [2.24, 2.45) is 11.1 Å². The van der Waals surface area contributed by atoms with Crippen LogP contribution in [0.15, 0.2) is 24.3 Å². The first-order valence-electron chi connectivity index (χ1n) is 5.88. The van der Waals surface area contributed by atoms with Gasteiger partial charge in [0.15, 0.2) is 0 Å². The first kappa shape index (κ1) is 13.0. The van der Waals surface area contributed by atoms with Gasteiger partial charge in [-0.15, -0.1) is 0 Å². The number of hydrogen-bond donors (Lipinski definition) is 1. The molecule has 5 heteroatoms. The Morgan fingerprint density at radius 2 is 2.00 bits per heavy atom. The quantitative estimate of drug-likeness (QED) is 0.850. The van der Waals surface area contributed by atoms with E-state index in [1.54, 1.807) is 17.0 Å². The third-order valence-electron chi connectivity index (χ3n) is 3.33. The van der Waals surface area contributed by atoms with E-state index in [1.807, 2.05) is 6.92 Å². The molecule has 1 amide bonds. The highest BCUT2D eigenvalue weighted by molar-refractivity contribution is 7.80. The SMILES string of the molecule is CCN(C(=O)C1(C(N)=S)CC1)c1ccc(F)cc1. The summed E-state index contributed by atoms with van der Waals surface area (Å²) in [5, 5.41) is 0. The Morgan fingerprint density at radius 3 is 2.39 bits per heavy atom. The fraction of sp³-hybridized carbons (Fsp3) is 0.385. The molecule has 0 unspecified atom stereocenters. The summed E-state index contributed by atoms with van der Waals surface area (Å²) in [4.78, 5) is 14.3. The third kappa shape index (κ3) is 2.10. The van der Waals surface area contributed by atoms with Crippen molar-refractivity contribution in [3.8, 4) is 0 Å². The number of rotatable bonds is 4. The van der Waals surface area contributed by atoms with Gasteiger partial charge in [0.2, 0.25) is 5.91 Å². The Hall–Kier alpha value is -1.49. The monoisotopic (exact) mass is 266 g/mol. The van der Waals surface area contributed by atoms with Gasteiger partial charge < -0.3 is 10.6 Å². The van der Waals surface area contributed by atoms with Gasteiger partial charge in [0.25, 0.3) is 0 Å². The van der Waals surface area contributed by atoms with Crippen molar-refractivity contribution in [2.75, 3.05) is 11.4 Å². The van der Waals surface area contributed by atoms with Crippen molar-refractivity contribution < 1.29 is 9.18 Å². The molecule has 96 valence electrons. The number of amides is 1. The molecule has 1 aliphatic carbocycles. The number of carbonyl (C=O) groups excluding carboxylic acids is 1. The molecule has 1 aromatic carbocycles. The van der Waals surface area contributed by atoms with Gasteiger partial charge in [0.05, 0.1) is 10.4 Å². The number of benzene rings is 1. The van der Waals surface area contributed by atoms with E-state index in [4.69, 9.17) is 18.0 Å². The first-order chi connectivity index (χ1) is 8.51. The van der Waals surface area contributed by atoms with Gasteiger partial charge in [-0.2, -0.15) is 0 Å². The first-order valence-corrected chi connectivity index (χ1v) is 6.29. The molecule has 18 heavy (non-hydrogen) atoms. The fourth-order valence-corrected chi connectivity index (χ4v) is 2.30. The summed E-state index contributed by atoms with van der Waals surface area (Å²) in [6.07, 6.45) is 1.41. The van der Waals surface area contributed by atoms with Crippen LogP contribution >= 0.6 is 12.2 Å². The number of anilines is 1. The molecule has 1 saturated carbocycles. The van der Waals surface area contributed by atoms with Crippen LogP contribution in [0.3, 0.4) is 0 Å². The van der Waals surface area contributed by atoms with E-state index in [-0.39, 0.29) is 16.7 Å². The summed E-state index contributed by atoms with van der Waals surface area (Å²) in [5.74, 6) is -0.401. The molecule has 0 heterocycles. The molecule has 1 aromatic rings. The summed E-state index contributed by atoms with van der Waals surface area (Å²) in [6, 6.07) is 5.86. The minimum atomic E-state index is -0.667. The lowest BCUT2D eigenvalue weighted by molar-refractivity contribution is -0.121. The predicted molar refractivity (Wildman–Crippen MR) is 72.9 cm³/mol. The van der Waals surface area contributed by atoms with Crippen LogP contribution in [0.1, 0.15) is 19.8 Å². The Balaban J connectivity index is 2.27. The number of nitrogens with zero attached hydrogens (tertiary/aromatic N) is 1. The Labute approximate surface area is 111 Å². The molecular formula is C13H15FN2OS. The highest BCUT2D eigenvalue weighted by Gasteiger charge is 2.54. The smallest absolute Gasteiger partial charge is 0.240 e. The summed E-state index contributed by atoms with van der Waals surface area (Å²) >= 11 is 4.98. The number of hydrogen-bond acceptors (Lipinski definition) is 2. The Bertz CT molecular complexity index is 482. The van der Waals surface area contributed by atoms with E-state index in [1.165, 1.54) is 12.1 Å². The number of thiocarbonyl (C=S) groups is 1. The van der Waals surface area contributed by atoms with Gasteiger partial charge >= 0.3 is 0 Å². The maximum absolute atomic E-state index is 12.9. The molecule has 0 saturated heterocycles. The average Bonchev–Trinajstić information content (AvgIpc) is 3.13. The summed E-state index contributed by atoms with van der Waals surface area (Å²) < 4.78 is 12.9. The van der Waals surface area contributed by atoms with Crippen LogP contribution in [-0.4, -0.2) is 17.4 Å². The van der Waals surface area contributed by atoms with Gasteiger partial charge in [-0.25, -0.2) is 4.39 Å². The fourth-order valence-electron chi connectivity index (χ4n) is 2.01. The molecule has 0 atom stereocenters. The van der Waals surface area contributed by atoms with Crippen molar-refractivity contribution in [3.05, 3.63) is 30.1 Å².